The largest absolute Gasteiger partial charge is 0.377 e. The number of methoxy groups -OCH3 is 1. The van der Waals surface area contributed by atoms with E-state index in [2.05, 4.69) is 15.1 Å². The normalized spacial score (nSPS) is 27.7. The van der Waals surface area contributed by atoms with Crippen LogP contribution in [0.1, 0.15) is 50.4 Å². The molecule has 1 aromatic carbocycles. The van der Waals surface area contributed by atoms with Crippen LogP contribution in [0.25, 0.3) is 0 Å². The van der Waals surface area contributed by atoms with Crippen LogP contribution in [-0.2, 0) is 19.1 Å². The third-order valence-electron chi connectivity index (χ3n) is 8.51. The average Bonchev–Trinajstić information content (AvgIpc) is 3.41. The summed E-state index contributed by atoms with van der Waals surface area (Å²) in [6, 6.07) is 6.95. The third kappa shape index (κ3) is 5.13. The first-order valence-electron chi connectivity index (χ1n) is 13.5. The summed E-state index contributed by atoms with van der Waals surface area (Å²) in [4.78, 5) is 46.0. The molecule has 37 heavy (non-hydrogen) atoms. The number of piperazine rings is 1. The maximum absolute atomic E-state index is 13.7. The predicted octanol–water partition coefficient (Wildman–Crippen LogP) is 1.70. The molecule has 3 aliphatic heterocycles. The van der Waals surface area contributed by atoms with Crippen LogP contribution in [-0.4, -0.2) is 104 Å². The zero-order valence-electron chi connectivity index (χ0n) is 22.4. The zero-order chi connectivity index (χ0) is 26.3. The highest BCUT2D eigenvalue weighted by atomic mass is 16.5. The van der Waals surface area contributed by atoms with Crippen LogP contribution in [0.3, 0.4) is 0 Å². The van der Waals surface area contributed by atoms with Crippen molar-refractivity contribution >= 4 is 23.3 Å². The van der Waals surface area contributed by atoms with Crippen molar-refractivity contribution in [3.05, 3.63) is 29.8 Å². The standard InChI is InChI=1S/C28H40N4O5/c1-28(2,3)25(27(35)32-16-22(36-4)24-23(32)21(33)17-37-24)29-26(34)18-8-10-20(11-9-18)31-14-12-30(13-15-31)19-6-5-7-19/h8-11,19,22-25H,5-7,12-17H2,1-4H3,(H,29,34)/t22-,23-,24-,25-/m1/s1. The molecule has 0 radical (unpaired) electrons. The number of nitrogens with one attached hydrogen (secondary N) is 1. The number of nitrogens with zero attached hydrogens (tertiary/aromatic N) is 3. The molecule has 2 amide bonds. The number of Topliss-reactive ketones (excluding diaryl/α,β-unsaturated/α-hetero) is 1. The summed E-state index contributed by atoms with van der Waals surface area (Å²) in [5, 5.41) is 2.96. The van der Waals surface area contributed by atoms with E-state index in [1.165, 1.54) is 24.2 Å². The molecule has 1 N–H and O–H groups in total. The van der Waals surface area contributed by atoms with Gasteiger partial charge in [-0.05, 0) is 42.5 Å². The second-order valence-electron chi connectivity index (χ2n) is 11.9. The quantitative estimate of drug-likeness (QED) is 0.620. The van der Waals surface area contributed by atoms with Gasteiger partial charge in [0.15, 0.2) is 5.78 Å². The van der Waals surface area contributed by atoms with E-state index in [9.17, 15) is 14.4 Å². The van der Waals surface area contributed by atoms with Gasteiger partial charge in [0.05, 0.1) is 6.54 Å². The lowest BCUT2D eigenvalue weighted by Crippen LogP contribution is -2.57. The second-order valence-corrected chi connectivity index (χ2v) is 11.9. The Labute approximate surface area is 219 Å². The smallest absolute Gasteiger partial charge is 0.251 e. The first kappa shape index (κ1) is 26.1. The van der Waals surface area contributed by atoms with E-state index < -0.39 is 23.6 Å². The van der Waals surface area contributed by atoms with E-state index in [4.69, 9.17) is 9.47 Å². The molecule has 4 atom stereocenters. The van der Waals surface area contributed by atoms with E-state index >= 15 is 0 Å². The number of hydrogen-bond acceptors (Lipinski definition) is 7. The molecule has 1 saturated carbocycles. The average molecular weight is 513 g/mol. The van der Waals surface area contributed by atoms with Crippen molar-refractivity contribution in [3.63, 3.8) is 0 Å². The Morgan fingerprint density at radius 1 is 1.08 bits per heavy atom. The Hall–Kier alpha value is -2.49. The van der Waals surface area contributed by atoms with Gasteiger partial charge < -0.3 is 24.6 Å². The Morgan fingerprint density at radius 2 is 1.76 bits per heavy atom. The number of hydrogen-bond donors (Lipinski definition) is 1. The van der Waals surface area contributed by atoms with Crippen molar-refractivity contribution in [1.29, 1.82) is 0 Å². The molecule has 4 fully saturated rings. The van der Waals surface area contributed by atoms with Crippen molar-refractivity contribution in [2.24, 2.45) is 5.41 Å². The number of anilines is 1. The first-order valence-corrected chi connectivity index (χ1v) is 13.5. The summed E-state index contributed by atoms with van der Waals surface area (Å²) in [5.41, 5.74) is 1.06. The van der Waals surface area contributed by atoms with Crippen LogP contribution in [0.15, 0.2) is 24.3 Å². The number of carbonyl (C=O) groups is 3. The number of fused-ring (bicyclic) bond motifs is 1. The molecule has 0 bridgehead atoms. The number of likely N-dealkylation sites (tertiary alicyclic amines) is 1. The van der Waals surface area contributed by atoms with Crippen LogP contribution in [0.2, 0.25) is 0 Å². The van der Waals surface area contributed by atoms with Crippen molar-refractivity contribution in [2.75, 3.05) is 51.3 Å². The highest BCUT2D eigenvalue weighted by Gasteiger charge is 2.54. The SMILES string of the molecule is CO[C@@H]1CN(C(=O)[C@@H](NC(=O)c2ccc(N3CCN(C4CCC4)CC3)cc2)C(C)(C)C)[C@@H]2C(=O)CO[C@@H]21. The lowest BCUT2D eigenvalue weighted by Gasteiger charge is -2.43. The zero-order valence-corrected chi connectivity index (χ0v) is 22.4. The molecular formula is C28H40N4O5. The lowest BCUT2D eigenvalue weighted by molar-refractivity contribution is -0.140. The van der Waals surface area contributed by atoms with Crippen LogP contribution < -0.4 is 10.2 Å². The fourth-order valence-electron chi connectivity index (χ4n) is 6.00. The van der Waals surface area contributed by atoms with Gasteiger partial charge in [-0.1, -0.05) is 27.2 Å². The Balaban J connectivity index is 1.24. The lowest BCUT2D eigenvalue weighted by atomic mass is 9.85. The molecule has 9 nitrogen and oxygen atoms in total. The minimum absolute atomic E-state index is 0.0203. The van der Waals surface area contributed by atoms with Gasteiger partial charge in [-0.3, -0.25) is 19.3 Å². The van der Waals surface area contributed by atoms with Gasteiger partial charge in [-0.2, -0.15) is 0 Å². The molecule has 5 rings (SSSR count). The van der Waals surface area contributed by atoms with Crippen LogP contribution in [0, 0.1) is 5.41 Å². The summed E-state index contributed by atoms with van der Waals surface area (Å²) >= 11 is 0. The molecule has 0 unspecified atom stereocenters. The number of benzene rings is 1. The van der Waals surface area contributed by atoms with E-state index in [1.807, 2.05) is 45.0 Å². The van der Waals surface area contributed by atoms with Crippen LogP contribution >= 0.6 is 0 Å². The van der Waals surface area contributed by atoms with Gasteiger partial charge >= 0.3 is 0 Å². The number of ketones is 1. The second kappa shape index (κ2) is 10.3. The summed E-state index contributed by atoms with van der Waals surface area (Å²) in [6.07, 6.45) is 3.20. The van der Waals surface area contributed by atoms with E-state index in [-0.39, 0.29) is 36.9 Å². The minimum Gasteiger partial charge on any atom is -0.377 e. The molecule has 202 valence electrons. The molecule has 0 aromatic heterocycles. The first-order chi connectivity index (χ1) is 17.7. The molecule has 4 aliphatic rings. The van der Waals surface area contributed by atoms with E-state index in [1.54, 1.807) is 7.11 Å². The summed E-state index contributed by atoms with van der Waals surface area (Å²) in [5.74, 6) is -0.709. The van der Waals surface area contributed by atoms with Crippen molar-refractivity contribution < 1.29 is 23.9 Å². The monoisotopic (exact) mass is 512 g/mol. The van der Waals surface area contributed by atoms with Gasteiger partial charge in [0.2, 0.25) is 5.91 Å². The van der Waals surface area contributed by atoms with Crippen LogP contribution in [0.5, 0.6) is 0 Å². The topological polar surface area (TPSA) is 91.4 Å². The van der Waals surface area contributed by atoms with Crippen molar-refractivity contribution in [2.45, 2.75) is 70.4 Å². The molecule has 9 heteroatoms. The number of ether oxygens (including phenoxy) is 2. The maximum atomic E-state index is 13.7. The number of carbonyl (C=O) groups excluding carboxylic acids is 3. The highest BCUT2D eigenvalue weighted by Crippen LogP contribution is 2.32. The van der Waals surface area contributed by atoms with Gasteiger partial charge in [0.1, 0.15) is 30.9 Å². The molecular weight excluding hydrogens is 472 g/mol. The third-order valence-corrected chi connectivity index (χ3v) is 8.51. The van der Waals surface area contributed by atoms with Gasteiger partial charge in [0.25, 0.3) is 5.91 Å². The Morgan fingerprint density at radius 3 is 2.32 bits per heavy atom. The fraction of sp³-hybridized carbons (Fsp3) is 0.679. The Kier molecular flexibility index (Phi) is 7.31. The molecule has 3 saturated heterocycles. The van der Waals surface area contributed by atoms with Crippen LogP contribution in [0.4, 0.5) is 5.69 Å². The molecule has 0 spiro atoms. The van der Waals surface area contributed by atoms with Gasteiger partial charge in [-0.25, -0.2) is 0 Å². The minimum atomic E-state index is -0.802. The number of amides is 2. The van der Waals surface area contributed by atoms with Gasteiger partial charge in [-0.15, -0.1) is 0 Å². The summed E-state index contributed by atoms with van der Waals surface area (Å²) < 4.78 is 11.1. The van der Waals surface area contributed by atoms with E-state index in [0.717, 1.165) is 37.9 Å². The fourth-order valence-corrected chi connectivity index (χ4v) is 6.00. The molecule has 3 heterocycles. The number of rotatable bonds is 6. The van der Waals surface area contributed by atoms with Gasteiger partial charge in [0, 0.05) is 50.6 Å². The van der Waals surface area contributed by atoms with Crippen molar-refractivity contribution in [3.8, 4) is 0 Å². The Bertz CT molecular complexity index is 1010. The van der Waals surface area contributed by atoms with E-state index in [0.29, 0.717) is 5.56 Å². The summed E-state index contributed by atoms with van der Waals surface area (Å²) in [7, 11) is 1.56. The molecule has 1 aromatic rings. The highest BCUT2D eigenvalue weighted by molar-refractivity contribution is 5.99. The predicted molar refractivity (Wildman–Crippen MR) is 140 cm³/mol. The van der Waals surface area contributed by atoms with Crippen molar-refractivity contribution in [1.82, 2.24) is 15.1 Å². The maximum Gasteiger partial charge on any atom is 0.251 e. The summed E-state index contributed by atoms with van der Waals surface area (Å²) in [6.45, 7) is 10.1. The molecule has 1 aliphatic carbocycles.